The molecule has 0 aromatic heterocycles. The van der Waals surface area contributed by atoms with Crippen molar-refractivity contribution in [1.29, 1.82) is 0 Å². The van der Waals surface area contributed by atoms with E-state index in [1.165, 1.54) is 42.4 Å². The molecule has 1 fully saturated rings. The highest BCUT2D eigenvalue weighted by Gasteiger charge is 2.35. The third-order valence-electron chi connectivity index (χ3n) is 5.25. The number of rotatable bonds is 3. The molecule has 2 aliphatic rings. The Morgan fingerprint density at radius 1 is 1.16 bits per heavy atom. The van der Waals surface area contributed by atoms with Crippen molar-refractivity contribution in [3.8, 4) is 0 Å². The maximum absolute atomic E-state index is 6.11. The molecule has 1 aliphatic carbocycles. The van der Waals surface area contributed by atoms with E-state index in [9.17, 15) is 0 Å². The molecule has 2 nitrogen and oxygen atoms in total. The maximum atomic E-state index is 6.11. The van der Waals surface area contributed by atoms with E-state index in [0.29, 0.717) is 6.04 Å². The fourth-order valence-corrected chi connectivity index (χ4v) is 3.78. The number of nitrogens with zero attached hydrogens (tertiary/aromatic N) is 1. The summed E-state index contributed by atoms with van der Waals surface area (Å²) in [5, 5.41) is 0. The van der Waals surface area contributed by atoms with Crippen molar-refractivity contribution in [1.82, 2.24) is 4.90 Å². The first-order valence-electron chi connectivity index (χ1n) is 7.71. The Labute approximate surface area is 117 Å². The minimum Gasteiger partial charge on any atom is -0.330 e. The molecule has 1 aliphatic heterocycles. The van der Waals surface area contributed by atoms with Gasteiger partial charge in [0, 0.05) is 31.1 Å². The second kappa shape index (κ2) is 4.92. The summed E-state index contributed by atoms with van der Waals surface area (Å²) in [6.07, 6.45) is 5.23. The smallest absolute Gasteiger partial charge is 0.0243 e. The molecular formula is C17H26N2. The van der Waals surface area contributed by atoms with Crippen LogP contribution >= 0.6 is 0 Å². The quantitative estimate of drug-likeness (QED) is 0.902. The molecule has 1 aromatic carbocycles. The van der Waals surface area contributed by atoms with Gasteiger partial charge in [-0.05, 0) is 43.4 Å². The van der Waals surface area contributed by atoms with E-state index in [4.69, 9.17) is 5.73 Å². The Bertz CT molecular complexity index is 458. The minimum atomic E-state index is 0.278. The van der Waals surface area contributed by atoms with Gasteiger partial charge in [0.15, 0.2) is 0 Å². The molecule has 19 heavy (non-hydrogen) atoms. The highest BCUT2D eigenvalue weighted by atomic mass is 15.2. The zero-order chi connectivity index (χ0) is 13.5. The Morgan fingerprint density at radius 2 is 1.84 bits per heavy atom. The van der Waals surface area contributed by atoms with Crippen LogP contribution in [0.4, 0.5) is 0 Å². The summed E-state index contributed by atoms with van der Waals surface area (Å²) in [4.78, 5) is 2.54. The molecule has 0 amide bonds. The van der Waals surface area contributed by atoms with Gasteiger partial charge in [0.05, 0.1) is 0 Å². The molecule has 1 heterocycles. The summed E-state index contributed by atoms with van der Waals surface area (Å²) in [5.74, 6) is 0. The van der Waals surface area contributed by atoms with Gasteiger partial charge in [0.1, 0.15) is 0 Å². The fourth-order valence-electron chi connectivity index (χ4n) is 3.78. The topological polar surface area (TPSA) is 29.3 Å². The summed E-state index contributed by atoms with van der Waals surface area (Å²) in [5.41, 5.74) is 10.9. The predicted molar refractivity (Wildman–Crippen MR) is 80.0 cm³/mol. The van der Waals surface area contributed by atoms with Crippen LogP contribution < -0.4 is 5.73 Å². The third-order valence-corrected chi connectivity index (χ3v) is 5.25. The van der Waals surface area contributed by atoms with Gasteiger partial charge in [-0.3, -0.25) is 4.90 Å². The summed E-state index contributed by atoms with van der Waals surface area (Å²) in [6.45, 7) is 7.60. The SMILES string of the molecule is CC(C)N1Cc2ccc(C3(CN)CCCC3)cc2C1. The van der Waals surface area contributed by atoms with Crippen molar-refractivity contribution in [3.05, 3.63) is 34.9 Å². The molecule has 0 radical (unpaired) electrons. The Kier molecular flexibility index (Phi) is 3.40. The Morgan fingerprint density at radius 3 is 2.47 bits per heavy atom. The van der Waals surface area contributed by atoms with Crippen molar-refractivity contribution in [2.75, 3.05) is 6.54 Å². The first kappa shape index (κ1) is 13.1. The second-order valence-electron chi connectivity index (χ2n) is 6.67. The van der Waals surface area contributed by atoms with Crippen molar-refractivity contribution < 1.29 is 0 Å². The lowest BCUT2D eigenvalue weighted by Crippen LogP contribution is -2.32. The standard InChI is InChI=1S/C17H26N2/c1-13(2)19-10-14-5-6-16(9-15(14)11-19)17(12-18)7-3-4-8-17/h5-6,9,13H,3-4,7-8,10-12,18H2,1-2H3. The lowest BCUT2D eigenvalue weighted by atomic mass is 9.78. The number of nitrogens with two attached hydrogens (primary N) is 1. The molecular weight excluding hydrogens is 232 g/mol. The minimum absolute atomic E-state index is 0.278. The lowest BCUT2D eigenvalue weighted by Gasteiger charge is -2.28. The van der Waals surface area contributed by atoms with Crippen LogP contribution in [-0.4, -0.2) is 17.5 Å². The van der Waals surface area contributed by atoms with Gasteiger partial charge in [-0.15, -0.1) is 0 Å². The van der Waals surface area contributed by atoms with Crippen LogP contribution in [0.15, 0.2) is 18.2 Å². The molecule has 2 heteroatoms. The molecule has 2 N–H and O–H groups in total. The van der Waals surface area contributed by atoms with Gasteiger partial charge < -0.3 is 5.73 Å². The molecule has 1 saturated carbocycles. The van der Waals surface area contributed by atoms with Crippen LogP contribution in [0.25, 0.3) is 0 Å². The number of hydrogen-bond acceptors (Lipinski definition) is 2. The average molecular weight is 258 g/mol. The average Bonchev–Trinajstić information content (AvgIpc) is 3.05. The van der Waals surface area contributed by atoms with Gasteiger partial charge in [0.25, 0.3) is 0 Å². The number of benzene rings is 1. The number of fused-ring (bicyclic) bond motifs is 1. The highest BCUT2D eigenvalue weighted by molar-refractivity contribution is 5.39. The first-order valence-corrected chi connectivity index (χ1v) is 7.71. The second-order valence-corrected chi connectivity index (χ2v) is 6.67. The van der Waals surface area contributed by atoms with Gasteiger partial charge in [-0.25, -0.2) is 0 Å². The summed E-state index contributed by atoms with van der Waals surface area (Å²) in [7, 11) is 0. The Balaban J connectivity index is 1.89. The van der Waals surface area contributed by atoms with Crippen LogP contribution in [0.1, 0.15) is 56.2 Å². The molecule has 0 atom stereocenters. The van der Waals surface area contributed by atoms with E-state index in [-0.39, 0.29) is 5.41 Å². The zero-order valence-corrected chi connectivity index (χ0v) is 12.3. The van der Waals surface area contributed by atoms with E-state index in [0.717, 1.165) is 19.6 Å². The van der Waals surface area contributed by atoms with Gasteiger partial charge in [-0.2, -0.15) is 0 Å². The van der Waals surface area contributed by atoms with Gasteiger partial charge >= 0.3 is 0 Å². The van der Waals surface area contributed by atoms with E-state index in [2.05, 4.69) is 36.9 Å². The third kappa shape index (κ3) is 2.21. The normalized spacial score (nSPS) is 22.1. The summed E-state index contributed by atoms with van der Waals surface area (Å²) < 4.78 is 0. The zero-order valence-electron chi connectivity index (χ0n) is 12.3. The van der Waals surface area contributed by atoms with Crippen LogP contribution in [0.5, 0.6) is 0 Å². The highest BCUT2D eigenvalue weighted by Crippen LogP contribution is 2.41. The molecule has 0 spiro atoms. The Hall–Kier alpha value is -0.860. The van der Waals surface area contributed by atoms with Crippen LogP contribution in [0.2, 0.25) is 0 Å². The van der Waals surface area contributed by atoms with Gasteiger partial charge in [-0.1, -0.05) is 31.0 Å². The lowest BCUT2D eigenvalue weighted by molar-refractivity contribution is 0.227. The number of hydrogen-bond donors (Lipinski definition) is 1. The van der Waals surface area contributed by atoms with E-state index in [1.807, 2.05) is 0 Å². The van der Waals surface area contributed by atoms with Crippen LogP contribution in [0.3, 0.4) is 0 Å². The predicted octanol–water partition coefficient (Wildman–Crippen LogP) is 3.18. The summed E-state index contributed by atoms with van der Waals surface area (Å²) >= 11 is 0. The maximum Gasteiger partial charge on any atom is 0.0243 e. The van der Waals surface area contributed by atoms with Crippen molar-refractivity contribution in [3.63, 3.8) is 0 Å². The molecule has 1 aromatic rings. The van der Waals surface area contributed by atoms with Crippen molar-refractivity contribution >= 4 is 0 Å². The fraction of sp³-hybridized carbons (Fsp3) is 0.647. The van der Waals surface area contributed by atoms with E-state index in [1.54, 1.807) is 0 Å². The van der Waals surface area contributed by atoms with Gasteiger partial charge in [0.2, 0.25) is 0 Å². The van der Waals surface area contributed by atoms with Crippen molar-refractivity contribution in [2.45, 2.75) is 64.1 Å². The monoisotopic (exact) mass is 258 g/mol. The van der Waals surface area contributed by atoms with Crippen LogP contribution in [0, 0.1) is 0 Å². The molecule has 104 valence electrons. The molecule has 0 unspecified atom stereocenters. The first-order chi connectivity index (χ1) is 9.14. The molecule has 0 saturated heterocycles. The van der Waals surface area contributed by atoms with E-state index >= 15 is 0 Å². The summed E-state index contributed by atoms with van der Waals surface area (Å²) in [6, 6.07) is 7.78. The largest absolute Gasteiger partial charge is 0.330 e. The van der Waals surface area contributed by atoms with Crippen LogP contribution in [-0.2, 0) is 18.5 Å². The molecule has 0 bridgehead atoms. The molecule has 3 rings (SSSR count). The van der Waals surface area contributed by atoms with E-state index < -0.39 is 0 Å². The van der Waals surface area contributed by atoms with Crippen molar-refractivity contribution in [2.24, 2.45) is 5.73 Å².